The van der Waals surface area contributed by atoms with Crippen molar-refractivity contribution in [1.29, 1.82) is 0 Å². The Labute approximate surface area is 115 Å². The van der Waals surface area contributed by atoms with Gasteiger partial charge in [0.2, 0.25) is 5.91 Å². The first-order valence-electron chi connectivity index (χ1n) is 5.97. The third kappa shape index (κ3) is 5.14. The lowest BCUT2D eigenvalue weighted by atomic mass is 10.2. The highest BCUT2D eigenvalue weighted by Crippen LogP contribution is 2.17. The van der Waals surface area contributed by atoms with E-state index in [2.05, 4.69) is 33.5 Å². The van der Waals surface area contributed by atoms with Gasteiger partial charge in [-0.3, -0.25) is 4.79 Å². The van der Waals surface area contributed by atoms with E-state index in [0.29, 0.717) is 12.6 Å². The van der Waals surface area contributed by atoms with Gasteiger partial charge in [0, 0.05) is 17.1 Å². The van der Waals surface area contributed by atoms with Crippen LogP contribution in [0, 0.1) is 5.82 Å². The average Bonchev–Trinajstić information content (AvgIpc) is 2.36. The molecule has 1 aromatic rings. The van der Waals surface area contributed by atoms with Crippen molar-refractivity contribution in [3.05, 3.63) is 34.1 Å². The van der Waals surface area contributed by atoms with Crippen LogP contribution >= 0.6 is 15.9 Å². The fourth-order valence-electron chi connectivity index (χ4n) is 1.35. The number of carbonyl (C=O) groups excluding carboxylic acids is 1. The van der Waals surface area contributed by atoms with E-state index in [9.17, 15) is 9.18 Å². The summed E-state index contributed by atoms with van der Waals surface area (Å²) in [5.74, 6) is -0.397. The molecule has 0 aliphatic carbocycles. The number of hydrogen-bond acceptors (Lipinski definition) is 2. The van der Waals surface area contributed by atoms with Crippen molar-refractivity contribution in [1.82, 2.24) is 10.6 Å². The Kier molecular flexibility index (Phi) is 6.29. The summed E-state index contributed by atoms with van der Waals surface area (Å²) >= 11 is 3.32. The molecule has 0 aromatic heterocycles. The van der Waals surface area contributed by atoms with E-state index in [-0.39, 0.29) is 18.3 Å². The molecule has 3 nitrogen and oxygen atoms in total. The van der Waals surface area contributed by atoms with E-state index in [1.807, 2.05) is 6.92 Å². The van der Waals surface area contributed by atoms with Crippen molar-refractivity contribution >= 4 is 21.8 Å². The van der Waals surface area contributed by atoms with E-state index in [1.54, 1.807) is 6.07 Å². The number of nitrogens with one attached hydrogen (secondary N) is 2. The van der Waals surface area contributed by atoms with Crippen LogP contribution in [0.3, 0.4) is 0 Å². The van der Waals surface area contributed by atoms with E-state index in [1.165, 1.54) is 12.1 Å². The Morgan fingerprint density at radius 2 is 2.22 bits per heavy atom. The SMILES string of the molecule is CCC(C)NCC(=O)NCc1cc(F)ccc1Br. The van der Waals surface area contributed by atoms with Crippen molar-refractivity contribution in [2.75, 3.05) is 6.54 Å². The fraction of sp³-hybridized carbons (Fsp3) is 0.462. The third-order valence-electron chi connectivity index (χ3n) is 2.71. The van der Waals surface area contributed by atoms with E-state index in [0.717, 1.165) is 16.5 Å². The first kappa shape index (κ1) is 15.1. The molecule has 1 aromatic carbocycles. The molecule has 0 bridgehead atoms. The second kappa shape index (κ2) is 7.48. The zero-order chi connectivity index (χ0) is 13.5. The van der Waals surface area contributed by atoms with Gasteiger partial charge in [-0.15, -0.1) is 0 Å². The number of benzene rings is 1. The van der Waals surface area contributed by atoms with Gasteiger partial charge in [0.05, 0.1) is 6.54 Å². The normalized spacial score (nSPS) is 12.2. The van der Waals surface area contributed by atoms with Crippen LogP contribution in [0.1, 0.15) is 25.8 Å². The Bertz CT molecular complexity index is 412. The molecular weight excluding hydrogens is 299 g/mol. The number of amides is 1. The maximum absolute atomic E-state index is 13.0. The van der Waals surface area contributed by atoms with Crippen molar-refractivity contribution < 1.29 is 9.18 Å². The van der Waals surface area contributed by atoms with Crippen LogP contribution in [0.4, 0.5) is 4.39 Å². The van der Waals surface area contributed by atoms with Gasteiger partial charge >= 0.3 is 0 Å². The van der Waals surface area contributed by atoms with Crippen LogP contribution in [0.2, 0.25) is 0 Å². The molecule has 0 saturated carbocycles. The highest BCUT2D eigenvalue weighted by Gasteiger charge is 2.06. The second-order valence-corrected chi connectivity index (χ2v) is 5.06. The fourth-order valence-corrected chi connectivity index (χ4v) is 1.73. The molecule has 100 valence electrons. The molecule has 1 amide bonds. The molecule has 1 unspecified atom stereocenters. The summed E-state index contributed by atoms with van der Waals surface area (Å²) in [6.45, 7) is 4.68. The van der Waals surface area contributed by atoms with Gasteiger partial charge in [0.15, 0.2) is 0 Å². The number of halogens is 2. The molecule has 1 rings (SSSR count). The van der Waals surface area contributed by atoms with Crippen LogP contribution in [0.5, 0.6) is 0 Å². The highest BCUT2D eigenvalue weighted by molar-refractivity contribution is 9.10. The van der Waals surface area contributed by atoms with Crippen LogP contribution in [0.15, 0.2) is 22.7 Å². The van der Waals surface area contributed by atoms with E-state index in [4.69, 9.17) is 0 Å². The Hall–Kier alpha value is -0.940. The van der Waals surface area contributed by atoms with Gasteiger partial charge in [-0.25, -0.2) is 4.39 Å². The molecule has 1 atom stereocenters. The molecule has 2 N–H and O–H groups in total. The van der Waals surface area contributed by atoms with Crippen LogP contribution < -0.4 is 10.6 Å². The topological polar surface area (TPSA) is 41.1 Å². The number of hydrogen-bond donors (Lipinski definition) is 2. The van der Waals surface area contributed by atoms with Gasteiger partial charge in [-0.2, -0.15) is 0 Å². The maximum Gasteiger partial charge on any atom is 0.234 e. The van der Waals surface area contributed by atoms with Gasteiger partial charge in [0.25, 0.3) is 0 Å². The summed E-state index contributed by atoms with van der Waals surface area (Å²) in [6.07, 6.45) is 0.975. The number of rotatable bonds is 6. The minimum Gasteiger partial charge on any atom is -0.351 e. The van der Waals surface area contributed by atoms with Crippen molar-refractivity contribution in [3.8, 4) is 0 Å². The van der Waals surface area contributed by atoms with Crippen molar-refractivity contribution in [2.24, 2.45) is 0 Å². The Morgan fingerprint density at radius 1 is 1.50 bits per heavy atom. The molecule has 0 aliphatic heterocycles. The maximum atomic E-state index is 13.0. The monoisotopic (exact) mass is 316 g/mol. The number of carbonyl (C=O) groups is 1. The molecule has 0 radical (unpaired) electrons. The summed E-state index contributed by atoms with van der Waals surface area (Å²) < 4.78 is 13.8. The lowest BCUT2D eigenvalue weighted by molar-refractivity contribution is -0.120. The summed E-state index contributed by atoms with van der Waals surface area (Å²) in [4.78, 5) is 11.6. The molecule has 0 fully saturated rings. The zero-order valence-electron chi connectivity index (χ0n) is 10.6. The summed E-state index contributed by atoms with van der Waals surface area (Å²) in [5.41, 5.74) is 0.729. The quantitative estimate of drug-likeness (QED) is 0.847. The third-order valence-corrected chi connectivity index (χ3v) is 3.48. The molecule has 0 saturated heterocycles. The molecule has 18 heavy (non-hydrogen) atoms. The van der Waals surface area contributed by atoms with E-state index < -0.39 is 0 Å². The summed E-state index contributed by atoms with van der Waals surface area (Å²) in [6, 6.07) is 4.73. The zero-order valence-corrected chi connectivity index (χ0v) is 12.2. The molecule has 0 aliphatic rings. The van der Waals surface area contributed by atoms with Gasteiger partial charge in [0.1, 0.15) is 5.82 Å². The lowest BCUT2D eigenvalue weighted by Crippen LogP contribution is -2.37. The summed E-state index contributed by atoms with van der Waals surface area (Å²) in [5, 5.41) is 5.84. The predicted octanol–water partition coefficient (Wildman–Crippen LogP) is 2.59. The highest BCUT2D eigenvalue weighted by atomic mass is 79.9. The first-order valence-corrected chi connectivity index (χ1v) is 6.76. The smallest absolute Gasteiger partial charge is 0.234 e. The van der Waals surface area contributed by atoms with Crippen molar-refractivity contribution in [2.45, 2.75) is 32.9 Å². The molecule has 5 heteroatoms. The van der Waals surface area contributed by atoms with Crippen molar-refractivity contribution in [3.63, 3.8) is 0 Å². The largest absolute Gasteiger partial charge is 0.351 e. The summed E-state index contributed by atoms with van der Waals surface area (Å²) in [7, 11) is 0. The average molecular weight is 317 g/mol. The van der Waals surface area contributed by atoms with Crippen LogP contribution in [-0.2, 0) is 11.3 Å². The minimum atomic E-state index is -0.305. The van der Waals surface area contributed by atoms with E-state index >= 15 is 0 Å². The van der Waals surface area contributed by atoms with Crippen LogP contribution in [-0.4, -0.2) is 18.5 Å². The lowest BCUT2D eigenvalue weighted by Gasteiger charge is -2.11. The Balaban J connectivity index is 2.40. The molecule has 0 heterocycles. The van der Waals surface area contributed by atoms with Gasteiger partial charge < -0.3 is 10.6 Å². The standard InChI is InChI=1S/C13H18BrFN2O/c1-3-9(2)16-8-13(18)17-7-10-6-11(15)4-5-12(10)14/h4-6,9,16H,3,7-8H2,1-2H3,(H,17,18). The predicted molar refractivity (Wildman–Crippen MR) is 73.7 cm³/mol. The van der Waals surface area contributed by atoms with Gasteiger partial charge in [-0.05, 0) is 37.1 Å². The first-order chi connectivity index (χ1) is 8.52. The Morgan fingerprint density at radius 3 is 2.89 bits per heavy atom. The second-order valence-electron chi connectivity index (χ2n) is 4.20. The molecular formula is C13H18BrFN2O. The van der Waals surface area contributed by atoms with Crippen LogP contribution in [0.25, 0.3) is 0 Å². The van der Waals surface area contributed by atoms with Gasteiger partial charge in [-0.1, -0.05) is 22.9 Å². The minimum absolute atomic E-state index is 0.0912. The molecule has 0 spiro atoms.